The van der Waals surface area contributed by atoms with Crippen LogP contribution in [0.2, 0.25) is 0 Å². The van der Waals surface area contributed by atoms with Crippen molar-refractivity contribution in [1.82, 2.24) is 20.0 Å². The number of likely N-dealkylation sites (tertiary alicyclic amines) is 1. The first-order valence-electron chi connectivity index (χ1n) is 18.2. The van der Waals surface area contributed by atoms with Gasteiger partial charge in [0.1, 0.15) is 6.04 Å². The summed E-state index contributed by atoms with van der Waals surface area (Å²) in [5.41, 5.74) is 10.8. The molecule has 2 aliphatic rings. The predicted octanol–water partition coefficient (Wildman–Crippen LogP) is 6.41. The molecule has 272 valence electrons. The third-order valence-electron chi connectivity index (χ3n) is 10.9. The Hall–Kier alpha value is -3.82. The summed E-state index contributed by atoms with van der Waals surface area (Å²) in [7, 11) is 3.55. The van der Waals surface area contributed by atoms with Crippen LogP contribution in [0, 0.1) is 11.6 Å². The number of hydrogen-bond acceptors (Lipinski definition) is 5. The minimum Gasteiger partial charge on any atom is -0.365 e. The van der Waals surface area contributed by atoms with Crippen molar-refractivity contribution in [2.45, 2.75) is 102 Å². The van der Waals surface area contributed by atoms with Crippen LogP contribution in [-0.4, -0.2) is 83.9 Å². The van der Waals surface area contributed by atoms with Crippen molar-refractivity contribution in [3.05, 3.63) is 101 Å². The summed E-state index contributed by atoms with van der Waals surface area (Å²) in [6, 6.07) is 9.28. The van der Waals surface area contributed by atoms with Crippen molar-refractivity contribution in [3.63, 3.8) is 0 Å². The number of benzene rings is 2. The highest BCUT2D eigenvalue weighted by Crippen LogP contribution is 2.27. The van der Waals surface area contributed by atoms with Crippen LogP contribution in [0.1, 0.15) is 81.5 Å². The highest BCUT2D eigenvalue weighted by molar-refractivity contribution is 5.88. The molecule has 9 heteroatoms. The highest BCUT2D eigenvalue weighted by atomic mass is 19.2. The highest BCUT2D eigenvalue weighted by Gasteiger charge is 2.32. The third-order valence-corrected chi connectivity index (χ3v) is 10.9. The van der Waals surface area contributed by atoms with E-state index in [2.05, 4.69) is 54.9 Å². The van der Waals surface area contributed by atoms with Gasteiger partial charge in [-0.1, -0.05) is 62.9 Å². The predicted molar refractivity (Wildman–Crippen MR) is 199 cm³/mol. The summed E-state index contributed by atoms with van der Waals surface area (Å²) in [6.45, 7) is 13.3. The van der Waals surface area contributed by atoms with Gasteiger partial charge in [0.25, 0.3) is 0 Å². The third kappa shape index (κ3) is 9.91. The topological polar surface area (TPSA) is 81.9 Å². The van der Waals surface area contributed by atoms with E-state index < -0.39 is 29.3 Å². The Morgan fingerprint density at radius 1 is 1.20 bits per heavy atom. The summed E-state index contributed by atoms with van der Waals surface area (Å²) in [5, 5.41) is 3.13. The van der Waals surface area contributed by atoms with Crippen LogP contribution >= 0.6 is 0 Å². The van der Waals surface area contributed by atoms with Gasteiger partial charge in [-0.05, 0) is 112 Å². The molecule has 2 amide bonds. The van der Waals surface area contributed by atoms with Crippen LogP contribution in [0.5, 0.6) is 0 Å². The monoisotopic (exact) mass is 689 g/mol. The molecule has 4 atom stereocenters. The van der Waals surface area contributed by atoms with Gasteiger partial charge in [-0.2, -0.15) is 0 Å². The van der Waals surface area contributed by atoms with E-state index in [0.29, 0.717) is 36.7 Å². The number of halogens is 2. The second kappa shape index (κ2) is 17.9. The Bertz CT molecular complexity index is 1560. The number of carbonyl (C=O) groups is 2. The van der Waals surface area contributed by atoms with Crippen LogP contribution in [0.15, 0.2) is 66.9 Å². The lowest BCUT2D eigenvalue weighted by molar-refractivity contribution is -0.126. The van der Waals surface area contributed by atoms with Crippen molar-refractivity contribution >= 4 is 17.9 Å². The average Bonchev–Trinajstić information content (AvgIpc) is 3.57. The van der Waals surface area contributed by atoms with Gasteiger partial charge >= 0.3 is 0 Å². The van der Waals surface area contributed by atoms with Gasteiger partial charge in [0.05, 0.1) is 6.04 Å². The second-order valence-electron chi connectivity index (χ2n) is 14.1. The van der Waals surface area contributed by atoms with E-state index in [4.69, 9.17) is 5.73 Å². The van der Waals surface area contributed by atoms with Gasteiger partial charge in [-0.3, -0.25) is 9.59 Å². The number of amides is 2. The number of carbonyl (C=O) groups excluding carboxylic acids is 2. The van der Waals surface area contributed by atoms with Gasteiger partial charge in [-0.25, -0.2) is 8.78 Å². The molecular weight excluding hydrogens is 632 g/mol. The zero-order valence-electron chi connectivity index (χ0n) is 30.7. The molecule has 0 spiro atoms. The molecule has 1 fully saturated rings. The largest absolute Gasteiger partial charge is 0.365 e. The van der Waals surface area contributed by atoms with Crippen LogP contribution in [0.25, 0.3) is 6.08 Å². The number of nitrogens with one attached hydrogen (secondary N) is 1. The Morgan fingerprint density at radius 2 is 1.98 bits per heavy atom. The molecular formula is C41H57F2N5O2. The van der Waals surface area contributed by atoms with Gasteiger partial charge in [0, 0.05) is 44.3 Å². The number of likely N-dealkylation sites (N-methyl/N-ethyl adjacent to an activating group) is 2. The molecule has 3 N–H and O–H groups in total. The lowest BCUT2D eigenvalue weighted by atomic mass is 9.85. The molecule has 50 heavy (non-hydrogen) atoms. The molecule has 2 aromatic rings. The van der Waals surface area contributed by atoms with E-state index in [1.54, 1.807) is 30.0 Å². The van der Waals surface area contributed by atoms with Crippen molar-refractivity contribution in [3.8, 4) is 0 Å². The molecule has 1 saturated heterocycles. The minimum atomic E-state index is -0.960. The van der Waals surface area contributed by atoms with Gasteiger partial charge in [0.15, 0.2) is 11.6 Å². The van der Waals surface area contributed by atoms with Crippen LogP contribution in [0.3, 0.4) is 0 Å². The van der Waals surface area contributed by atoms with Crippen molar-refractivity contribution in [1.29, 1.82) is 0 Å². The average molecular weight is 690 g/mol. The molecule has 4 rings (SSSR count). The van der Waals surface area contributed by atoms with Gasteiger partial charge < -0.3 is 25.8 Å². The van der Waals surface area contributed by atoms with E-state index in [-0.39, 0.29) is 18.2 Å². The molecule has 2 heterocycles. The number of fused-ring (bicyclic) bond motifs is 2. The number of allylic oxidation sites excluding steroid dienone is 1. The number of rotatable bonds is 12. The normalized spacial score (nSPS) is 23.2. The summed E-state index contributed by atoms with van der Waals surface area (Å²) >= 11 is 0. The number of nitrogens with two attached hydrogens (primary N) is 1. The molecule has 2 aliphatic heterocycles. The molecule has 3 unspecified atom stereocenters. The lowest BCUT2D eigenvalue weighted by Crippen LogP contribution is -2.51. The summed E-state index contributed by atoms with van der Waals surface area (Å²) < 4.78 is 28.2. The first-order chi connectivity index (χ1) is 23.9. The fraction of sp³-hybridized carbons (Fsp3) is 0.512. The van der Waals surface area contributed by atoms with Crippen molar-refractivity contribution in [2.24, 2.45) is 5.73 Å². The fourth-order valence-corrected chi connectivity index (χ4v) is 7.37. The maximum atomic E-state index is 14.3. The Labute approximate surface area is 298 Å². The van der Waals surface area contributed by atoms with E-state index in [9.17, 15) is 18.4 Å². The van der Waals surface area contributed by atoms with Crippen LogP contribution < -0.4 is 11.1 Å². The van der Waals surface area contributed by atoms with E-state index in [1.807, 2.05) is 19.1 Å². The zero-order valence-corrected chi connectivity index (χ0v) is 30.7. The first kappa shape index (κ1) is 39.0. The smallest absolute Gasteiger partial charge is 0.246 e. The minimum absolute atomic E-state index is 0.130. The Morgan fingerprint density at radius 3 is 2.68 bits per heavy atom. The molecule has 0 radical (unpaired) electrons. The number of hydrogen-bond donors (Lipinski definition) is 2. The van der Waals surface area contributed by atoms with Gasteiger partial charge in [-0.15, -0.1) is 0 Å². The molecule has 2 bridgehead atoms. The van der Waals surface area contributed by atoms with E-state index in [1.165, 1.54) is 11.6 Å². The van der Waals surface area contributed by atoms with Crippen LogP contribution in [-0.2, 0) is 28.9 Å². The second-order valence-corrected chi connectivity index (χ2v) is 14.1. The van der Waals surface area contributed by atoms with E-state index >= 15 is 0 Å². The maximum Gasteiger partial charge on any atom is 0.246 e. The summed E-state index contributed by atoms with van der Waals surface area (Å²) in [5.74, 6) is -2.31. The molecule has 0 saturated carbocycles. The molecule has 0 aromatic heterocycles. The SMILES string of the molecule is C=C([C@H]1Cc2ccc(/C=C\C)c(c2)CCC(N)(CC)C/C=C/C(=O)N1C)N(C)C(Cc1ccc(F)c(F)c1)C(=O)NCCC1CCCN1CC. The fourth-order valence-electron chi connectivity index (χ4n) is 7.37. The Balaban J connectivity index is 1.66. The van der Waals surface area contributed by atoms with Crippen LogP contribution in [0.4, 0.5) is 8.78 Å². The van der Waals surface area contributed by atoms with Gasteiger partial charge in [0.2, 0.25) is 11.8 Å². The maximum absolute atomic E-state index is 14.3. The number of aryl methyl sites for hydroxylation is 1. The van der Waals surface area contributed by atoms with E-state index in [0.717, 1.165) is 74.9 Å². The summed E-state index contributed by atoms with van der Waals surface area (Å²) in [6.07, 6.45) is 14.2. The number of nitrogens with zero attached hydrogens (tertiary/aromatic N) is 3. The summed E-state index contributed by atoms with van der Waals surface area (Å²) in [4.78, 5) is 33.6. The molecule has 2 aromatic carbocycles. The van der Waals surface area contributed by atoms with Crippen molar-refractivity contribution < 1.29 is 18.4 Å². The lowest BCUT2D eigenvalue weighted by Gasteiger charge is -2.38. The Kier molecular flexibility index (Phi) is 14.0. The molecule has 7 nitrogen and oxygen atoms in total. The molecule has 0 aliphatic carbocycles. The standard InChI is InChI=1S/C41H57F2N5O2/c1-7-12-32-17-15-30-25-33(32)19-22-41(44,8-2)21-10-14-39(49)47(6)37(27-30)29(4)46(5)38(28-31-16-18-35(42)36(43)26-31)40(50)45-23-20-34-13-11-24-48(34)9-3/h7,10,12,14-18,25-26,34,37-38H,4,8-9,11,13,19-24,27-28,44H2,1-3,5-6H3,(H,45,50)/b12-7-,14-10+/t34?,37-,38?,41?/m1/s1. The quantitative estimate of drug-likeness (QED) is 0.269. The first-order valence-corrected chi connectivity index (χ1v) is 18.2. The van der Waals surface area contributed by atoms with Crippen molar-refractivity contribution in [2.75, 3.05) is 33.7 Å². The zero-order chi connectivity index (χ0) is 36.4.